The van der Waals surface area contributed by atoms with Gasteiger partial charge in [-0.1, -0.05) is 0 Å². The van der Waals surface area contributed by atoms with Gasteiger partial charge in [0.05, 0.1) is 0 Å². The van der Waals surface area contributed by atoms with Crippen LogP contribution in [0, 0.1) is 0 Å². The summed E-state index contributed by atoms with van der Waals surface area (Å²) in [7, 11) is 0. The minimum Gasteiger partial charge on any atom is -0.447 e. The molecule has 1 unspecified atom stereocenters. The lowest BCUT2D eigenvalue weighted by atomic mass is 9.94. The van der Waals surface area contributed by atoms with E-state index in [1.165, 1.54) is 12.2 Å². The molecule has 0 aromatic heterocycles. The second-order valence-corrected chi connectivity index (χ2v) is 3.73. The topological polar surface area (TPSA) is 95.7 Å². The van der Waals surface area contributed by atoms with Crippen molar-refractivity contribution in [1.82, 2.24) is 0 Å². The number of carbonyl (C=O) groups excluding carboxylic acids is 3. The first-order valence-corrected chi connectivity index (χ1v) is 5.48. The third-order valence-corrected chi connectivity index (χ3v) is 2.40. The highest BCUT2D eigenvalue weighted by molar-refractivity contribution is 6.20. The molecule has 0 saturated heterocycles. The molecular weight excluding hydrogens is 238 g/mol. The van der Waals surface area contributed by atoms with E-state index in [1.54, 1.807) is 13.8 Å². The van der Waals surface area contributed by atoms with Gasteiger partial charge in [-0.05, 0) is 26.0 Å². The normalized spacial score (nSPS) is 17.0. The fraction of sp³-hybridized carbons (Fsp3) is 0.417. The van der Waals surface area contributed by atoms with Gasteiger partial charge >= 0.3 is 6.09 Å². The monoisotopic (exact) mass is 253 g/mol. The SMILES string of the molecule is CCOC(COC(N)=O)C1=CC(=O)C(C)=CC1=O. The Kier molecular flexibility index (Phi) is 4.79. The number of hydrogen-bond donors (Lipinski definition) is 1. The molecule has 1 amide bonds. The second-order valence-electron chi connectivity index (χ2n) is 3.73. The van der Waals surface area contributed by atoms with Crippen LogP contribution in [0.2, 0.25) is 0 Å². The number of amides is 1. The van der Waals surface area contributed by atoms with Crippen molar-refractivity contribution < 1.29 is 23.9 Å². The first-order valence-electron chi connectivity index (χ1n) is 5.48. The summed E-state index contributed by atoms with van der Waals surface area (Å²) in [4.78, 5) is 33.8. The number of hydrogen-bond acceptors (Lipinski definition) is 5. The van der Waals surface area contributed by atoms with E-state index >= 15 is 0 Å². The van der Waals surface area contributed by atoms with E-state index in [0.29, 0.717) is 12.2 Å². The number of ketones is 2. The average molecular weight is 253 g/mol. The fourth-order valence-corrected chi connectivity index (χ4v) is 1.52. The third-order valence-electron chi connectivity index (χ3n) is 2.40. The number of rotatable bonds is 5. The van der Waals surface area contributed by atoms with Crippen LogP contribution >= 0.6 is 0 Å². The van der Waals surface area contributed by atoms with Crippen molar-refractivity contribution in [2.45, 2.75) is 20.0 Å². The Labute approximate surface area is 104 Å². The van der Waals surface area contributed by atoms with Crippen LogP contribution in [0.5, 0.6) is 0 Å². The van der Waals surface area contributed by atoms with Gasteiger partial charge in [-0.15, -0.1) is 0 Å². The minimum atomic E-state index is -0.957. The van der Waals surface area contributed by atoms with Gasteiger partial charge in [-0.2, -0.15) is 0 Å². The molecule has 1 aliphatic rings. The molecule has 0 bridgehead atoms. The zero-order valence-electron chi connectivity index (χ0n) is 10.3. The van der Waals surface area contributed by atoms with Crippen molar-refractivity contribution in [1.29, 1.82) is 0 Å². The predicted octanol–water partition coefficient (Wildman–Crippen LogP) is 0.511. The molecule has 0 radical (unpaired) electrons. The predicted molar refractivity (Wildman–Crippen MR) is 62.8 cm³/mol. The molecule has 0 fully saturated rings. The lowest BCUT2D eigenvalue weighted by Gasteiger charge is -2.20. The maximum absolute atomic E-state index is 11.8. The van der Waals surface area contributed by atoms with E-state index in [0.717, 1.165) is 0 Å². The second kappa shape index (κ2) is 6.11. The Morgan fingerprint density at radius 2 is 2.00 bits per heavy atom. The van der Waals surface area contributed by atoms with Crippen molar-refractivity contribution in [2.75, 3.05) is 13.2 Å². The average Bonchev–Trinajstić information content (AvgIpc) is 2.29. The largest absolute Gasteiger partial charge is 0.447 e. The highest BCUT2D eigenvalue weighted by Crippen LogP contribution is 2.17. The Hall–Kier alpha value is -1.95. The molecule has 0 aromatic carbocycles. The van der Waals surface area contributed by atoms with Gasteiger partial charge in [0.15, 0.2) is 11.6 Å². The summed E-state index contributed by atoms with van der Waals surface area (Å²) in [5.74, 6) is -0.577. The van der Waals surface area contributed by atoms with E-state index in [9.17, 15) is 14.4 Å². The Balaban J connectivity index is 2.85. The Morgan fingerprint density at radius 3 is 2.56 bits per heavy atom. The summed E-state index contributed by atoms with van der Waals surface area (Å²) in [5, 5.41) is 0. The zero-order chi connectivity index (χ0) is 13.7. The Bertz CT molecular complexity index is 436. The standard InChI is InChI=1S/C12H15NO5/c1-3-17-11(6-18-12(13)16)8-5-9(14)7(2)4-10(8)15/h4-5,11H,3,6H2,1-2H3,(H2,13,16). The molecule has 0 saturated carbocycles. The number of carbonyl (C=O) groups is 3. The van der Waals surface area contributed by atoms with Crippen molar-refractivity contribution in [3.05, 3.63) is 23.3 Å². The summed E-state index contributed by atoms with van der Waals surface area (Å²) < 4.78 is 9.89. The Morgan fingerprint density at radius 1 is 1.33 bits per heavy atom. The lowest BCUT2D eigenvalue weighted by molar-refractivity contribution is -0.116. The summed E-state index contributed by atoms with van der Waals surface area (Å²) in [6, 6.07) is 0. The van der Waals surface area contributed by atoms with Crippen LogP contribution < -0.4 is 5.73 Å². The van der Waals surface area contributed by atoms with Crippen molar-refractivity contribution in [2.24, 2.45) is 5.73 Å². The molecule has 98 valence electrons. The van der Waals surface area contributed by atoms with Crippen LogP contribution in [-0.2, 0) is 19.1 Å². The maximum Gasteiger partial charge on any atom is 0.404 e. The molecule has 0 heterocycles. The van der Waals surface area contributed by atoms with E-state index < -0.39 is 12.2 Å². The summed E-state index contributed by atoms with van der Waals surface area (Å²) in [6.45, 7) is 3.41. The van der Waals surface area contributed by atoms with Gasteiger partial charge in [0.2, 0.25) is 0 Å². The van der Waals surface area contributed by atoms with Gasteiger partial charge in [0, 0.05) is 17.8 Å². The number of allylic oxidation sites excluding steroid dienone is 3. The molecule has 0 aromatic rings. The summed E-state index contributed by atoms with van der Waals surface area (Å²) in [5.41, 5.74) is 5.40. The fourth-order valence-electron chi connectivity index (χ4n) is 1.52. The van der Waals surface area contributed by atoms with E-state index in [1.807, 2.05) is 0 Å². The minimum absolute atomic E-state index is 0.175. The van der Waals surface area contributed by atoms with E-state index in [-0.39, 0.29) is 23.7 Å². The van der Waals surface area contributed by atoms with Crippen LogP contribution in [0.3, 0.4) is 0 Å². The lowest BCUT2D eigenvalue weighted by Crippen LogP contribution is -2.31. The van der Waals surface area contributed by atoms with E-state index in [2.05, 4.69) is 4.74 Å². The molecule has 1 rings (SSSR count). The maximum atomic E-state index is 11.8. The first-order chi connectivity index (χ1) is 8.45. The van der Waals surface area contributed by atoms with Crippen molar-refractivity contribution in [3.63, 3.8) is 0 Å². The first kappa shape index (κ1) is 14.1. The van der Waals surface area contributed by atoms with Crippen LogP contribution in [0.1, 0.15) is 13.8 Å². The molecule has 18 heavy (non-hydrogen) atoms. The van der Waals surface area contributed by atoms with Crippen molar-refractivity contribution >= 4 is 17.7 Å². The van der Waals surface area contributed by atoms with Gasteiger partial charge in [0.25, 0.3) is 0 Å². The number of ether oxygens (including phenoxy) is 2. The van der Waals surface area contributed by atoms with Crippen LogP contribution in [-0.4, -0.2) is 37.0 Å². The number of nitrogens with two attached hydrogens (primary N) is 1. The smallest absolute Gasteiger partial charge is 0.404 e. The molecule has 6 heteroatoms. The molecule has 0 aliphatic heterocycles. The van der Waals surface area contributed by atoms with Gasteiger partial charge in [-0.25, -0.2) is 4.79 Å². The number of primary amides is 1. The van der Waals surface area contributed by atoms with Gasteiger partial charge in [-0.3, -0.25) is 9.59 Å². The quantitative estimate of drug-likeness (QED) is 0.720. The highest BCUT2D eigenvalue weighted by Gasteiger charge is 2.26. The molecule has 6 nitrogen and oxygen atoms in total. The molecular formula is C12H15NO5. The summed E-state index contributed by atoms with van der Waals surface area (Å²) >= 11 is 0. The molecule has 2 N–H and O–H groups in total. The van der Waals surface area contributed by atoms with Crippen LogP contribution in [0.15, 0.2) is 23.3 Å². The molecule has 1 aliphatic carbocycles. The third kappa shape index (κ3) is 3.53. The molecule has 1 atom stereocenters. The molecule has 0 spiro atoms. The van der Waals surface area contributed by atoms with Crippen LogP contribution in [0.25, 0.3) is 0 Å². The van der Waals surface area contributed by atoms with Gasteiger partial charge < -0.3 is 15.2 Å². The van der Waals surface area contributed by atoms with E-state index in [4.69, 9.17) is 10.5 Å². The zero-order valence-corrected chi connectivity index (χ0v) is 10.3. The summed E-state index contributed by atoms with van der Waals surface area (Å²) in [6.07, 6.45) is 0.723. The van der Waals surface area contributed by atoms with Crippen molar-refractivity contribution in [3.8, 4) is 0 Å². The highest BCUT2D eigenvalue weighted by atomic mass is 16.6. The van der Waals surface area contributed by atoms with Crippen LogP contribution in [0.4, 0.5) is 4.79 Å². The van der Waals surface area contributed by atoms with Gasteiger partial charge in [0.1, 0.15) is 12.7 Å².